The number of rotatable bonds is 3. The molecule has 0 unspecified atom stereocenters. The van der Waals surface area contributed by atoms with Crippen LogP contribution in [0.3, 0.4) is 0 Å². The summed E-state index contributed by atoms with van der Waals surface area (Å²) in [6.45, 7) is 4.12. The molecule has 2 fully saturated rings. The summed E-state index contributed by atoms with van der Waals surface area (Å²) < 4.78 is 13.1. The number of carbonyl (C=O) groups is 1. The van der Waals surface area contributed by atoms with E-state index in [0.29, 0.717) is 12.0 Å². The Kier molecular flexibility index (Phi) is 5.44. The molecule has 2 aromatic rings. The smallest absolute Gasteiger partial charge is 0.254 e. The Hall–Kier alpha value is -2.27. The highest BCUT2D eigenvalue weighted by atomic mass is 19.1. The van der Waals surface area contributed by atoms with Crippen molar-refractivity contribution in [3.05, 3.63) is 65.2 Å². The van der Waals surface area contributed by atoms with Crippen molar-refractivity contribution in [2.45, 2.75) is 57.0 Å². The average Bonchev–Trinajstić information content (AvgIpc) is 2.90. The predicted octanol–water partition coefficient (Wildman–Crippen LogP) is 3.95. The number of halogens is 1. The van der Waals surface area contributed by atoms with Crippen LogP contribution in [-0.4, -0.2) is 40.5 Å². The summed E-state index contributed by atoms with van der Waals surface area (Å²) in [4.78, 5) is 19.9. The normalized spacial score (nSPS) is 25.1. The van der Waals surface area contributed by atoms with Crippen LogP contribution >= 0.6 is 0 Å². The molecule has 0 bridgehead atoms. The van der Waals surface area contributed by atoms with E-state index in [1.165, 1.54) is 18.6 Å². The molecule has 3 heterocycles. The molecule has 1 amide bonds. The molecule has 0 radical (unpaired) electrons. The number of hydrogen-bond donors (Lipinski definition) is 1. The highest BCUT2D eigenvalue weighted by molar-refractivity contribution is 5.94. The van der Waals surface area contributed by atoms with Crippen LogP contribution in [0.5, 0.6) is 0 Å². The van der Waals surface area contributed by atoms with Crippen LogP contribution in [0.25, 0.3) is 0 Å². The number of fused-ring (bicyclic) bond motifs is 1. The zero-order valence-corrected chi connectivity index (χ0v) is 16.5. The van der Waals surface area contributed by atoms with Crippen molar-refractivity contribution in [1.82, 2.24) is 15.2 Å². The SMILES string of the molecule is C[C@]12CCCN(C(=O)c3ccnc(Cc4ccc(F)cc4)c3)[C@H]1CCCCN2. The number of benzene rings is 1. The molecule has 4 nitrogen and oxygen atoms in total. The maximum Gasteiger partial charge on any atom is 0.254 e. The van der Waals surface area contributed by atoms with Gasteiger partial charge in [0.15, 0.2) is 0 Å². The Bertz CT molecular complexity index is 838. The molecule has 4 rings (SSSR count). The van der Waals surface area contributed by atoms with Crippen molar-refractivity contribution in [1.29, 1.82) is 0 Å². The Morgan fingerprint density at radius 2 is 2.07 bits per heavy atom. The maximum atomic E-state index is 13.4. The molecule has 0 saturated carbocycles. The molecule has 28 heavy (non-hydrogen) atoms. The Labute approximate surface area is 166 Å². The molecular weight excluding hydrogens is 353 g/mol. The van der Waals surface area contributed by atoms with E-state index in [0.717, 1.165) is 50.0 Å². The molecular formula is C23H28FN3O. The maximum absolute atomic E-state index is 13.4. The van der Waals surface area contributed by atoms with Gasteiger partial charge in [-0.2, -0.15) is 0 Å². The largest absolute Gasteiger partial charge is 0.334 e. The van der Waals surface area contributed by atoms with Crippen LogP contribution in [0.1, 0.15) is 60.6 Å². The number of pyridine rings is 1. The van der Waals surface area contributed by atoms with E-state index >= 15 is 0 Å². The van der Waals surface area contributed by atoms with E-state index in [1.54, 1.807) is 18.3 Å². The van der Waals surface area contributed by atoms with Crippen molar-refractivity contribution < 1.29 is 9.18 Å². The minimum Gasteiger partial charge on any atom is -0.334 e. The summed E-state index contributed by atoms with van der Waals surface area (Å²) >= 11 is 0. The third-order valence-electron chi connectivity index (χ3n) is 6.26. The van der Waals surface area contributed by atoms with Gasteiger partial charge in [0.2, 0.25) is 0 Å². The van der Waals surface area contributed by atoms with Gasteiger partial charge >= 0.3 is 0 Å². The van der Waals surface area contributed by atoms with E-state index in [9.17, 15) is 9.18 Å². The second kappa shape index (κ2) is 8.00. The lowest BCUT2D eigenvalue weighted by molar-refractivity contribution is 0.0379. The Balaban J connectivity index is 1.54. The number of likely N-dealkylation sites (tertiary alicyclic amines) is 1. The third kappa shape index (κ3) is 3.95. The topological polar surface area (TPSA) is 45.2 Å². The molecule has 5 heteroatoms. The number of hydrogen-bond acceptors (Lipinski definition) is 3. The number of nitrogens with one attached hydrogen (secondary N) is 1. The van der Waals surface area contributed by atoms with Gasteiger partial charge < -0.3 is 10.2 Å². The molecule has 1 aromatic heterocycles. The third-order valence-corrected chi connectivity index (χ3v) is 6.26. The van der Waals surface area contributed by atoms with Crippen molar-refractivity contribution in [3.63, 3.8) is 0 Å². The van der Waals surface area contributed by atoms with Gasteiger partial charge in [0, 0.05) is 42.0 Å². The molecule has 1 N–H and O–H groups in total. The first-order valence-electron chi connectivity index (χ1n) is 10.3. The number of aromatic nitrogens is 1. The number of amides is 1. The van der Waals surface area contributed by atoms with Gasteiger partial charge in [-0.1, -0.05) is 18.6 Å². The zero-order valence-electron chi connectivity index (χ0n) is 16.5. The van der Waals surface area contributed by atoms with Gasteiger partial charge in [-0.3, -0.25) is 9.78 Å². The summed E-state index contributed by atoms with van der Waals surface area (Å²) in [7, 11) is 0. The molecule has 2 aliphatic heterocycles. The lowest BCUT2D eigenvalue weighted by Crippen LogP contribution is -2.62. The number of nitrogens with zero attached hydrogens (tertiary/aromatic N) is 2. The summed E-state index contributed by atoms with van der Waals surface area (Å²) in [6.07, 6.45) is 7.83. The molecule has 0 aliphatic carbocycles. The summed E-state index contributed by atoms with van der Waals surface area (Å²) in [5.41, 5.74) is 2.52. The van der Waals surface area contributed by atoms with Gasteiger partial charge in [0.1, 0.15) is 5.82 Å². The first-order valence-corrected chi connectivity index (χ1v) is 10.3. The van der Waals surface area contributed by atoms with Crippen LogP contribution < -0.4 is 5.32 Å². The summed E-state index contributed by atoms with van der Waals surface area (Å²) in [6, 6.07) is 10.4. The molecule has 148 valence electrons. The molecule has 2 aliphatic rings. The number of piperidine rings is 1. The van der Waals surface area contributed by atoms with Gasteiger partial charge in [-0.15, -0.1) is 0 Å². The van der Waals surface area contributed by atoms with Crippen molar-refractivity contribution in [2.24, 2.45) is 0 Å². The second-order valence-corrected chi connectivity index (χ2v) is 8.30. The lowest BCUT2D eigenvalue weighted by Gasteiger charge is -2.48. The Morgan fingerprint density at radius 3 is 2.89 bits per heavy atom. The monoisotopic (exact) mass is 381 g/mol. The number of carbonyl (C=O) groups excluding carboxylic acids is 1. The van der Waals surface area contributed by atoms with Crippen LogP contribution in [0.15, 0.2) is 42.6 Å². The fourth-order valence-electron chi connectivity index (χ4n) is 4.73. The van der Waals surface area contributed by atoms with Gasteiger partial charge in [0.25, 0.3) is 5.91 Å². The quantitative estimate of drug-likeness (QED) is 0.876. The molecule has 0 spiro atoms. The van der Waals surface area contributed by atoms with Crippen LogP contribution in [-0.2, 0) is 6.42 Å². The standard InChI is InChI=1S/C23H28FN3O/c1-23-11-4-14-27(21(23)5-2-3-12-26-23)22(28)18-10-13-25-20(16-18)15-17-6-8-19(24)9-7-17/h6-10,13,16,21,26H,2-5,11-12,14-15H2,1H3/t21-,23-/m0/s1. The average molecular weight is 381 g/mol. The van der Waals surface area contributed by atoms with E-state index in [1.807, 2.05) is 12.1 Å². The van der Waals surface area contributed by atoms with Gasteiger partial charge in [-0.05, 0) is 69.0 Å². The molecule has 1 aromatic carbocycles. The first-order chi connectivity index (χ1) is 13.5. The zero-order chi connectivity index (χ0) is 19.6. The summed E-state index contributed by atoms with van der Waals surface area (Å²) in [5.74, 6) is -0.145. The van der Waals surface area contributed by atoms with E-state index in [2.05, 4.69) is 22.1 Å². The predicted molar refractivity (Wildman–Crippen MR) is 108 cm³/mol. The fraction of sp³-hybridized carbons (Fsp3) is 0.478. The van der Waals surface area contributed by atoms with Crippen LogP contribution in [0, 0.1) is 5.82 Å². The molecule has 2 saturated heterocycles. The van der Waals surface area contributed by atoms with Crippen molar-refractivity contribution in [3.8, 4) is 0 Å². The minimum absolute atomic E-state index is 0.00832. The van der Waals surface area contributed by atoms with E-state index < -0.39 is 0 Å². The summed E-state index contributed by atoms with van der Waals surface area (Å²) in [5, 5.41) is 3.71. The molecule has 2 atom stereocenters. The minimum atomic E-state index is -0.245. The van der Waals surface area contributed by atoms with Gasteiger partial charge in [0.05, 0.1) is 0 Å². The highest BCUT2D eigenvalue weighted by Crippen LogP contribution is 2.33. The Morgan fingerprint density at radius 1 is 1.25 bits per heavy atom. The second-order valence-electron chi connectivity index (χ2n) is 8.30. The van der Waals surface area contributed by atoms with Crippen molar-refractivity contribution in [2.75, 3.05) is 13.1 Å². The van der Waals surface area contributed by atoms with Crippen LogP contribution in [0.2, 0.25) is 0 Å². The highest BCUT2D eigenvalue weighted by Gasteiger charge is 2.43. The fourth-order valence-corrected chi connectivity index (χ4v) is 4.73. The van der Waals surface area contributed by atoms with E-state index in [-0.39, 0.29) is 23.3 Å². The lowest BCUT2D eigenvalue weighted by atomic mass is 9.81. The van der Waals surface area contributed by atoms with Gasteiger partial charge in [-0.25, -0.2) is 4.39 Å². The first kappa shape index (κ1) is 19.1. The van der Waals surface area contributed by atoms with Crippen LogP contribution in [0.4, 0.5) is 4.39 Å². The van der Waals surface area contributed by atoms with E-state index in [4.69, 9.17) is 0 Å². The van der Waals surface area contributed by atoms with Crippen molar-refractivity contribution >= 4 is 5.91 Å².